The van der Waals surface area contributed by atoms with E-state index in [0.717, 1.165) is 19.1 Å². The zero-order valence-corrected chi connectivity index (χ0v) is 18.3. The Morgan fingerprint density at radius 3 is 2.72 bits per heavy atom. The van der Waals surface area contributed by atoms with Gasteiger partial charge in [-0.2, -0.15) is 5.10 Å². The Morgan fingerprint density at radius 2 is 2.06 bits per heavy atom. The molecule has 0 amide bonds. The molecule has 10 heteroatoms. The van der Waals surface area contributed by atoms with Crippen LogP contribution >= 0.6 is 0 Å². The Kier molecular flexibility index (Phi) is 6.52. The highest BCUT2D eigenvalue weighted by Gasteiger charge is 2.26. The summed E-state index contributed by atoms with van der Waals surface area (Å²) in [5, 5.41) is 4.16. The normalized spacial score (nSPS) is 16.9. The van der Waals surface area contributed by atoms with Gasteiger partial charge < -0.3 is 9.47 Å². The summed E-state index contributed by atoms with van der Waals surface area (Å²) >= 11 is 0. The molecule has 1 aromatic carbocycles. The topological polar surface area (TPSA) is 83.3 Å². The third kappa shape index (κ3) is 4.97. The number of aromatic nitrogens is 3. The van der Waals surface area contributed by atoms with E-state index < -0.39 is 22.5 Å². The van der Waals surface area contributed by atoms with Gasteiger partial charge in [0, 0.05) is 12.9 Å². The van der Waals surface area contributed by atoms with Crippen LogP contribution < -0.4 is 4.74 Å². The minimum Gasteiger partial charge on any atom is -0.487 e. The molecule has 3 aromatic rings. The average Bonchev–Trinajstić information content (AvgIpc) is 3.24. The molecule has 0 radical (unpaired) electrons. The standard InChI is InChI=1S/C22H23F2N3O4S/c1-32(28,29)17-6-4-5-15(11-17)14-31-16-8-9-19(25-12-16)21-18(22(23)24)13-26-27(21)20-7-2-3-10-30-20/h4-6,8-9,11-13,20,22H,2-3,7,10,14H2,1H3. The van der Waals surface area contributed by atoms with Crippen molar-refractivity contribution in [3.05, 3.63) is 59.9 Å². The summed E-state index contributed by atoms with van der Waals surface area (Å²) in [6.45, 7) is 0.704. The van der Waals surface area contributed by atoms with Crippen molar-refractivity contribution < 1.29 is 26.7 Å². The molecule has 7 nitrogen and oxygen atoms in total. The van der Waals surface area contributed by atoms with Crippen LogP contribution in [0.15, 0.2) is 53.7 Å². The summed E-state index contributed by atoms with van der Waals surface area (Å²) in [5.74, 6) is 0.428. The molecule has 0 bridgehead atoms. The van der Waals surface area contributed by atoms with Crippen molar-refractivity contribution >= 4 is 9.84 Å². The third-order valence-corrected chi connectivity index (χ3v) is 6.31. The summed E-state index contributed by atoms with van der Waals surface area (Å²) in [7, 11) is -3.31. The number of benzene rings is 1. The van der Waals surface area contributed by atoms with E-state index in [9.17, 15) is 17.2 Å². The van der Waals surface area contributed by atoms with Crippen molar-refractivity contribution in [2.24, 2.45) is 0 Å². The van der Waals surface area contributed by atoms with E-state index in [4.69, 9.17) is 9.47 Å². The number of pyridine rings is 1. The third-order valence-electron chi connectivity index (χ3n) is 5.20. The van der Waals surface area contributed by atoms with E-state index in [1.165, 1.54) is 23.1 Å². The highest BCUT2D eigenvalue weighted by molar-refractivity contribution is 7.90. The van der Waals surface area contributed by atoms with Crippen molar-refractivity contribution in [3.8, 4) is 17.1 Å². The molecular weight excluding hydrogens is 440 g/mol. The first kappa shape index (κ1) is 22.3. The quantitative estimate of drug-likeness (QED) is 0.511. The molecule has 4 rings (SSSR count). The van der Waals surface area contributed by atoms with Gasteiger partial charge in [-0.25, -0.2) is 21.9 Å². The molecule has 170 valence electrons. The van der Waals surface area contributed by atoms with Gasteiger partial charge in [0.05, 0.1) is 34.2 Å². The van der Waals surface area contributed by atoms with Crippen molar-refractivity contribution in [1.29, 1.82) is 0 Å². The van der Waals surface area contributed by atoms with Crippen LogP contribution in [0.4, 0.5) is 8.78 Å². The van der Waals surface area contributed by atoms with Crippen molar-refractivity contribution in [3.63, 3.8) is 0 Å². The first-order chi connectivity index (χ1) is 15.3. The van der Waals surface area contributed by atoms with Crippen molar-refractivity contribution in [2.45, 2.75) is 43.4 Å². The highest BCUT2D eigenvalue weighted by Crippen LogP contribution is 2.35. The van der Waals surface area contributed by atoms with E-state index >= 15 is 0 Å². The van der Waals surface area contributed by atoms with E-state index in [1.54, 1.807) is 30.3 Å². The fraction of sp³-hybridized carbons (Fsp3) is 0.364. The Morgan fingerprint density at radius 1 is 1.22 bits per heavy atom. The van der Waals surface area contributed by atoms with Gasteiger partial charge in [0.25, 0.3) is 6.43 Å². The monoisotopic (exact) mass is 463 g/mol. The number of halogens is 2. The average molecular weight is 464 g/mol. The number of hydrogen-bond acceptors (Lipinski definition) is 6. The van der Waals surface area contributed by atoms with E-state index in [1.807, 2.05) is 0 Å². The number of alkyl halides is 2. The SMILES string of the molecule is CS(=O)(=O)c1cccc(COc2ccc(-c3c(C(F)F)cnn3C3CCCCO3)nc2)c1. The fourth-order valence-corrected chi connectivity index (χ4v) is 4.26. The second kappa shape index (κ2) is 9.33. The van der Waals surface area contributed by atoms with E-state index in [2.05, 4.69) is 10.1 Å². The summed E-state index contributed by atoms with van der Waals surface area (Å²) < 4.78 is 63.5. The van der Waals surface area contributed by atoms with Gasteiger partial charge in [0.1, 0.15) is 12.4 Å². The van der Waals surface area contributed by atoms with Gasteiger partial charge in [-0.3, -0.25) is 4.98 Å². The van der Waals surface area contributed by atoms with E-state index in [0.29, 0.717) is 30.0 Å². The highest BCUT2D eigenvalue weighted by atomic mass is 32.2. The van der Waals surface area contributed by atoms with Gasteiger partial charge in [0.15, 0.2) is 16.1 Å². The summed E-state index contributed by atoms with van der Waals surface area (Å²) in [6.07, 6.45) is 3.25. The molecule has 0 saturated carbocycles. The van der Waals surface area contributed by atoms with Gasteiger partial charge >= 0.3 is 0 Å². The molecule has 0 N–H and O–H groups in total. The molecular formula is C22H23F2N3O4S. The number of nitrogens with zero attached hydrogens (tertiary/aromatic N) is 3. The van der Waals surface area contributed by atoms with Gasteiger partial charge in [-0.15, -0.1) is 0 Å². The fourth-order valence-electron chi connectivity index (χ4n) is 3.57. The van der Waals surface area contributed by atoms with Crippen LogP contribution in [0.25, 0.3) is 11.4 Å². The molecule has 1 fully saturated rings. The number of hydrogen-bond donors (Lipinski definition) is 0. The maximum absolute atomic E-state index is 13.6. The predicted molar refractivity (Wildman–Crippen MR) is 113 cm³/mol. The summed E-state index contributed by atoms with van der Waals surface area (Å²) in [6, 6.07) is 9.72. The zero-order valence-electron chi connectivity index (χ0n) is 17.4. The number of sulfone groups is 1. The first-order valence-corrected chi connectivity index (χ1v) is 12.1. The minimum atomic E-state index is -3.31. The van der Waals surface area contributed by atoms with Crippen molar-refractivity contribution in [2.75, 3.05) is 12.9 Å². The Bertz CT molecular complexity index is 1170. The summed E-state index contributed by atoms with van der Waals surface area (Å²) in [4.78, 5) is 4.53. The minimum absolute atomic E-state index is 0.139. The van der Waals surface area contributed by atoms with Gasteiger partial charge in [0.2, 0.25) is 0 Å². The maximum atomic E-state index is 13.6. The Balaban J connectivity index is 1.53. The van der Waals surface area contributed by atoms with Crippen LogP contribution in [0.2, 0.25) is 0 Å². The molecule has 1 unspecified atom stereocenters. The second-order valence-electron chi connectivity index (χ2n) is 7.60. The lowest BCUT2D eigenvalue weighted by atomic mass is 10.1. The van der Waals surface area contributed by atoms with Crippen LogP contribution in [-0.4, -0.2) is 36.0 Å². The maximum Gasteiger partial charge on any atom is 0.267 e. The molecule has 32 heavy (non-hydrogen) atoms. The molecule has 2 aromatic heterocycles. The number of ether oxygens (including phenoxy) is 2. The van der Waals surface area contributed by atoms with Crippen LogP contribution in [-0.2, 0) is 21.2 Å². The van der Waals surface area contributed by atoms with Crippen LogP contribution in [0.1, 0.15) is 43.0 Å². The van der Waals surface area contributed by atoms with E-state index in [-0.39, 0.29) is 22.8 Å². The van der Waals surface area contributed by atoms with Gasteiger partial charge in [-0.05, 0) is 49.1 Å². The predicted octanol–water partition coefficient (Wildman–Crippen LogP) is 4.56. The largest absolute Gasteiger partial charge is 0.487 e. The molecule has 1 aliphatic rings. The lowest BCUT2D eigenvalue weighted by molar-refractivity contribution is -0.0385. The van der Waals surface area contributed by atoms with Crippen LogP contribution in [0.3, 0.4) is 0 Å². The zero-order chi connectivity index (χ0) is 22.7. The van der Waals surface area contributed by atoms with Crippen LogP contribution in [0.5, 0.6) is 5.75 Å². The molecule has 3 heterocycles. The number of rotatable bonds is 7. The molecule has 0 aliphatic carbocycles. The molecule has 1 aliphatic heterocycles. The van der Waals surface area contributed by atoms with Gasteiger partial charge in [-0.1, -0.05) is 12.1 Å². The molecule has 1 saturated heterocycles. The smallest absolute Gasteiger partial charge is 0.267 e. The van der Waals surface area contributed by atoms with Crippen molar-refractivity contribution in [1.82, 2.24) is 14.8 Å². The summed E-state index contributed by atoms with van der Waals surface area (Å²) in [5.41, 5.74) is 1.07. The Labute approximate surface area is 184 Å². The molecule has 0 spiro atoms. The second-order valence-corrected chi connectivity index (χ2v) is 9.62. The lowest BCUT2D eigenvalue weighted by Crippen LogP contribution is -2.20. The first-order valence-electron chi connectivity index (χ1n) is 10.2. The van der Waals surface area contributed by atoms with Crippen LogP contribution in [0, 0.1) is 0 Å². The lowest BCUT2D eigenvalue weighted by Gasteiger charge is -2.24. The Hall–Kier alpha value is -2.85. The molecule has 1 atom stereocenters.